The summed E-state index contributed by atoms with van der Waals surface area (Å²) < 4.78 is 0. The molecule has 0 aliphatic heterocycles. The van der Waals surface area contributed by atoms with Crippen molar-refractivity contribution in [1.29, 1.82) is 0 Å². The molecule has 7 rings (SSSR count). The fourth-order valence-electron chi connectivity index (χ4n) is 4.52. The molecule has 0 heteroatoms. The van der Waals surface area contributed by atoms with Gasteiger partial charge in [-0.15, -0.1) is 0 Å². The lowest BCUT2D eigenvalue weighted by Crippen LogP contribution is -1.80. The largest absolute Gasteiger partial charge is 0.0616 e. The third-order valence-electron chi connectivity index (χ3n) is 6.18. The van der Waals surface area contributed by atoms with Crippen molar-refractivity contribution in [3.8, 4) is 0 Å². The lowest BCUT2D eigenvalue weighted by molar-refractivity contribution is 1.75. The van der Waals surface area contributed by atoms with Gasteiger partial charge in [-0.2, -0.15) is 0 Å². The summed E-state index contributed by atoms with van der Waals surface area (Å²) in [6, 6.07) is 47.6. The summed E-state index contributed by atoms with van der Waals surface area (Å²) in [6.07, 6.45) is 0. The van der Waals surface area contributed by atoms with Crippen molar-refractivity contribution >= 4 is 53.9 Å². The summed E-state index contributed by atoms with van der Waals surface area (Å²) in [5.41, 5.74) is 0. The Morgan fingerprint density at radius 2 is 0.375 bits per heavy atom. The van der Waals surface area contributed by atoms with Crippen LogP contribution >= 0.6 is 0 Å². The second-order valence-electron chi connectivity index (χ2n) is 8.29. The number of fused-ring (bicyclic) bond motifs is 5. The summed E-state index contributed by atoms with van der Waals surface area (Å²) in [5, 5.41) is 13.1. The van der Waals surface area contributed by atoms with E-state index in [1.54, 1.807) is 0 Å². The van der Waals surface area contributed by atoms with Crippen LogP contribution in [0.15, 0.2) is 133 Å². The normalized spacial score (nSPS) is 11.1. The third-order valence-corrected chi connectivity index (χ3v) is 6.18. The van der Waals surface area contributed by atoms with Crippen LogP contribution in [0, 0.1) is 0 Å². The van der Waals surface area contributed by atoms with Crippen LogP contribution in [0.25, 0.3) is 53.9 Å². The van der Waals surface area contributed by atoms with Gasteiger partial charge in [0.1, 0.15) is 0 Å². The number of hydrogen-bond acceptors (Lipinski definition) is 0. The fraction of sp³-hybridized carbons (Fsp3) is 0. The molecule has 150 valence electrons. The van der Waals surface area contributed by atoms with Gasteiger partial charge in [-0.3, -0.25) is 0 Å². The van der Waals surface area contributed by atoms with Gasteiger partial charge in [-0.1, -0.05) is 97.1 Å². The first-order valence-electron chi connectivity index (χ1n) is 11.0. The van der Waals surface area contributed by atoms with Crippen molar-refractivity contribution in [2.75, 3.05) is 0 Å². The van der Waals surface area contributed by atoms with Crippen LogP contribution in [0.2, 0.25) is 0 Å². The van der Waals surface area contributed by atoms with Gasteiger partial charge in [0, 0.05) is 0 Å². The highest BCUT2D eigenvalue weighted by Crippen LogP contribution is 2.30. The first-order chi connectivity index (χ1) is 15.8. The standard InChI is InChI=1S/C22H14.C10H8/c1-2-6-16-10-20-14-22-12-18-8-4-3-7-17(18)11-21(22)13-19(20)9-15(16)5-1;1-2-6-10-8-4-3-7-9(10)5-1/h1-14H;1-8H. The number of hydrogen-bond donors (Lipinski definition) is 0. The van der Waals surface area contributed by atoms with E-state index in [4.69, 9.17) is 0 Å². The molecule has 7 aromatic carbocycles. The van der Waals surface area contributed by atoms with Crippen molar-refractivity contribution < 1.29 is 0 Å². The second-order valence-corrected chi connectivity index (χ2v) is 8.29. The van der Waals surface area contributed by atoms with Crippen molar-refractivity contribution in [1.82, 2.24) is 0 Å². The van der Waals surface area contributed by atoms with Crippen LogP contribution in [0.4, 0.5) is 0 Å². The summed E-state index contributed by atoms with van der Waals surface area (Å²) in [5.74, 6) is 0. The molecule has 0 nitrogen and oxygen atoms in total. The second kappa shape index (κ2) is 7.83. The topological polar surface area (TPSA) is 0 Å². The average molecular weight is 407 g/mol. The Balaban J connectivity index is 0.000000164. The molecular formula is C32H22. The Labute approximate surface area is 187 Å². The molecule has 0 spiro atoms. The molecular weight excluding hydrogens is 384 g/mol. The Kier molecular flexibility index (Phi) is 4.55. The highest BCUT2D eigenvalue weighted by atomic mass is 14.1. The highest BCUT2D eigenvalue weighted by molar-refractivity contribution is 6.08. The van der Waals surface area contributed by atoms with Gasteiger partial charge in [0.05, 0.1) is 0 Å². The smallest absolute Gasteiger partial charge is 0.0171 e. The Morgan fingerprint density at radius 1 is 0.188 bits per heavy atom. The van der Waals surface area contributed by atoms with E-state index < -0.39 is 0 Å². The predicted molar refractivity (Wildman–Crippen MR) is 140 cm³/mol. The Morgan fingerprint density at radius 3 is 0.625 bits per heavy atom. The van der Waals surface area contributed by atoms with Crippen LogP contribution in [0.5, 0.6) is 0 Å². The van der Waals surface area contributed by atoms with Gasteiger partial charge in [-0.25, -0.2) is 0 Å². The molecule has 0 unspecified atom stereocenters. The van der Waals surface area contributed by atoms with Crippen molar-refractivity contribution in [2.45, 2.75) is 0 Å². The lowest BCUT2D eigenvalue weighted by atomic mass is 9.97. The third kappa shape index (κ3) is 3.46. The van der Waals surface area contributed by atoms with Crippen LogP contribution in [-0.2, 0) is 0 Å². The maximum absolute atomic E-state index is 2.31. The molecule has 32 heavy (non-hydrogen) atoms. The molecule has 0 saturated carbocycles. The molecule has 7 aromatic rings. The van der Waals surface area contributed by atoms with E-state index >= 15 is 0 Å². The minimum absolute atomic E-state index is 1.30. The van der Waals surface area contributed by atoms with E-state index in [2.05, 4.69) is 133 Å². The fourth-order valence-corrected chi connectivity index (χ4v) is 4.52. The molecule has 0 saturated heterocycles. The van der Waals surface area contributed by atoms with Crippen molar-refractivity contribution in [2.24, 2.45) is 0 Å². The van der Waals surface area contributed by atoms with Gasteiger partial charge in [0.2, 0.25) is 0 Å². The van der Waals surface area contributed by atoms with Crippen molar-refractivity contribution in [3.05, 3.63) is 133 Å². The maximum Gasteiger partial charge on any atom is -0.0171 e. The van der Waals surface area contributed by atoms with Crippen LogP contribution in [-0.4, -0.2) is 0 Å². The van der Waals surface area contributed by atoms with Gasteiger partial charge in [0.15, 0.2) is 0 Å². The van der Waals surface area contributed by atoms with E-state index in [1.807, 2.05) is 0 Å². The molecule has 0 radical (unpaired) electrons. The quantitative estimate of drug-likeness (QED) is 0.220. The Hall–Kier alpha value is -4.16. The zero-order valence-electron chi connectivity index (χ0n) is 17.7. The number of benzene rings is 7. The first kappa shape index (κ1) is 18.6. The molecule has 0 heterocycles. The predicted octanol–water partition coefficient (Wildman–Crippen LogP) is 9.14. The summed E-state index contributed by atoms with van der Waals surface area (Å²) >= 11 is 0. The zero-order valence-corrected chi connectivity index (χ0v) is 17.7. The maximum atomic E-state index is 2.31. The molecule has 0 amide bonds. The molecule has 0 aliphatic carbocycles. The summed E-state index contributed by atoms with van der Waals surface area (Å²) in [6.45, 7) is 0. The molecule has 0 fully saturated rings. The minimum Gasteiger partial charge on any atom is -0.0616 e. The van der Waals surface area contributed by atoms with Gasteiger partial charge < -0.3 is 0 Å². The van der Waals surface area contributed by atoms with Crippen LogP contribution < -0.4 is 0 Å². The average Bonchev–Trinajstić information content (AvgIpc) is 2.85. The molecule has 0 bridgehead atoms. The van der Waals surface area contributed by atoms with E-state index in [-0.39, 0.29) is 0 Å². The molecule has 0 aromatic heterocycles. The number of rotatable bonds is 0. The summed E-state index contributed by atoms with van der Waals surface area (Å²) in [4.78, 5) is 0. The van der Waals surface area contributed by atoms with E-state index in [0.717, 1.165) is 0 Å². The van der Waals surface area contributed by atoms with Crippen LogP contribution in [0.1, 0.15) is 0 Å². The minimum atomic E-state index is 1.30. The van der Waals surface area contributed by atoms with Crippen LogP contribution in [0.3, 0.4) is 0 Å². The first-order valence-corrected chi connectivity index (χ1v) is 11.0. The zero-order chi connectivity index (χ0) is 21.3. The van der Waals surface area contributed by atoms with Crippen molar-refractivity contribution in [3.63, 3.8) is 0 Å². The molecule has 0 aliphatic rings. The monoisotopic (exact) mass is 406 g/mol. The Bertz CT molecular complexity index is 1470. The lowest BCUT2D eigenvalue weighted by Gasteiger charge is -2.07. The molecule has 0 N–H and O–H groups in total. The summed E-state index contributed by atoms with van der Waals surface area (Å²) in [7, 11) is 0. The van der Waals surface area contributed by atoms with E-state index in [9.17, 15) is 0 Å². The van der Waals surface area contributed by atoms with Gasteiger partial charge in [-0.05, 0) is 90.3 Å². The van der Waals surface area contributed by atoms with Gasteiger partial charge in [0.25, 0.3) is 0 Å². The molecule has 0 atom stereocenters. The highest BCUT2D eigenvalue weighted by Gasteiger charge is 2.02. The SMILES string of the molecule is c1ccc2cc3cc4cc5ccccc5cc4cc3cc2c1.c1ccc2ccccc2c1. The van der Waals surface area contributed by atoms with E-state index in [0.29, 0.717) is 0 Å². The van der Waals surface area contributed by atoms with E-state index in [1.165, 1.54) is 53.9 Å². The van der Waals surface area contributed by atoms with Gasteiger partial charge >= 0.3 is 0 Å².